The van der Waals surface area contributed by atoms with Crippen LogP contribution in [0, 0.1) is 0 Å². The third-order valence-electron chi connectivity index (χ3n) is 2.68. The summed E-state index contributed by atoms with van der Waals surface area (Å²) in [5.74, 6) is 0. The van der Waals surface area contributed by atoms with Gasteiger partial charge in [-0.3, -0.25) is 0 Å². The van der Waals surface area contributed by atoms with Crippen molar-refractivity contribution >= 4 is 27.2 Å². The molecule has 0 saturated carbocycles. The average Bonchev–Trinajstić information content (AvgIpc) is 2.15. The van der Waals surface area contributed by atoms with Crippen molar-refractivity contribution in [1.82, 2.24) is 4.72 Å². The zero-order chi connectivity index (χ0) is 12.3. The zero-order valence-corrected chi connectivity index (χ0v) is 11.1. The van der Waals surface area contributed by atoms with Crippen molar-refractivity contribution in [3.05, 3.63) is 0 Å². The summed E-state index contributed by atoms with van der Waals surface area (Å²) >= 11 is 4.69. The topological polar surface area (TPSA) is 81.4 Å². The second-order valence-corrected chi connectivity index (χ2v) is 6.61. The van der Waals surface area contributed by atoms with E-state index < -0.39 is 15.3 Å². The highest BCUT2D eigenvalue weighted by Crippen LogP contribution is 2.15. The van der Waals surface area contributed by atoms with Crippen molar-refractivity contribution in [2.45, 2.75) is 44.1 Å². The van der Waals surface area contributed by atoms with Crippen LogP contribution in [0.3, 0.4) is 0 Å². The highest BCUT2D eigenvalue weighted by molar-refractivity contribution is 7.93. The maximum absolute atomic E-state index is 11.8. The van der Waals surface area contributed by atoms with Gasteiger partial charge in [-0.05, 0) is 26.7 Å². The average molecular weight is 266 g/mol. The van der Waals surface area contributed by atoms with Crippen LogP contribution in [0.1, 0.15) is 26.7 Å². The van der Waals surface area contributed by atoms with E-state index >= 15 is 0 Å². The number of ether oxygens (including phenoxy) is 1. The van der Waals surface area contributed by atoms with Gasteiger partial charge >= 0.3 is 0 Å². The smallest absolute Gasteiger partial charge is 0.220 e. The normalized spacial score (nSPS) is 28.6. The third kappa shape index (κ3) is 3.65. The predicted octanol–water partition coefficient (Wildman–Crippen LogP) is 0.148. The highest BCUT2D eigenvalue weighted by atomic mass is 32.2. The van der Waals surface area contributed by atoms with Gasteiger partial charge in [0.1, 0.15) is 5.25 Å². The van der Waals surface area contributed by atoms with E-state index in [1.165, 1.54) is 6.92 Å². The number of sulfonamides is 1. The SMILES string of the molecule is CC1CC(NS(=O)(=O)C(C)C(N)=S)CCO1. The van der Waals surface area contributed by atoms with Gasteiger partial charge in [0.05, 0.1) is 11.1 Å². The van der Waals surface area contributed by atoms with Gasteiger partial charge in [0.15, 0.2) is 0 Å². The van der Waals surface area contributed by atoms with Gasteiger partial charge in [0.2, 0.25) is 10.0 Å². The summed E-state index contributed by atoms with van der Waals surface area (Å²) in [5, 5.41) is -0.833. The Bertz CT molecular complexity index is 356. The molecule has 0 amide bonds. The fourth-order valence-electron chi connectivity index (χ4n) is 1.59. The van der Waals surface area contributed by atoms with E-state index in [1.54, 1.807) is 0 Å². The third-order valence-corrected chi connectivity index (χ3v) is 5.03. The lowest BCUT2D eigenvalue weighted by molar-refractivity contribution is 0.0173. The number of nitrogens with two attached hydrogens (primary N) is 1. The summed E-state index contributed by atoms with van der Waals surface area (Å²) < 4.78 is 31.6. The Morgan fingerprint density at radius 2 is 2.25 bits per heavy atom. The van der Waals surface area contributed by atoms with Crippen molar-refractivity contribution in [3.63, 3.8) is 0 Å². The van der Waals surface area contributed by atoms with Crippen LogP contribution in [-0.2, 0) is 14.8 Å². The minimum absolute atomic E-state index is 0.00684. The van der Waals surface area contributed by atoms with E-state index in [2.05, 4.69) is 4.72 Å². The van der Waals surface area contributed by atoms with E-state index in [-0.39, 0.29) is 17.1 Å². The van der Waals surface area contributed by atoms with Crippen molar-refractivity contribution in [2.24, 2.45) is 5.73 Å². The van der Waals surface area contributed by atoms with Crippen LogP contribution >= 0.6 is 12.2 Å². The van der Waals surface area contributed by atoms with Crippen LogP contribution in [0.25, 0.3) is 0 Å². The van der Waals surface area contributed by atoms with Crippen LogP contribution in [0.2, 0.25) is 0 Å². The lowest BCUT2D eigenvalue weighted by atomic mass is 10.1. The van der Waals surface area contributed by atoms with Crippen molar-refractivity contribution < 1.29 is 13.2 Å². The maximum Gasteiger partial charge on any atom is 0.220 e. The summed E-state index contributed by atoms with van der Waals surface area (Å²) in [6.45, 7) is 4.00. The molecule has 0 aromatic carbocycles. The Morgan fingerprint density at radius 1 is 1.62 bits per heavy atom. The van der Waals surface area contributed by atoms with Crippen LogP contribution in [0.4, 0.5) is 0 Å². The molecule has 3 atom stereocenters. The molecule has 1 rings (SSSR count). The summed E-state index contributed by atoms with van der Waals surface area (Å²) in [5.41, 5.74) is 5.34. The summed E-state index contributed by atoms with van der Waals surface area (Å²) in [4.78, 5) is -0.00684. The van der Waals surface area contributed by atoms with Gasteiger partial charge in [0, 0.05) is 12.6 Å². The summed E-state index contributed by atoms with van der Waals surface area (Å²) in [6, 6.07) is -0.0782. The lowest BCUT2D eigenvalue weighted by Crippen LogP contribution is -2.47. The number of thiocarbonyl (C=S) groups is 1. The Morgan fingerprint density at radius 3 is 2.75 bits per heavy atom. The van der Waals surface area contributed by atoms with Gasteiger partial charge < -0.3 is 10.5 Å². The van der Waals surface area contributed by atoms with Crippen molar-refractivity contribution in [2.75, 3.05) is 6.61 Å². The quantitative estimate of drug-likeness (QED) is 0.708. The second kappa shape index (κ2) is 5.39. The molecule has 0 bridgehead atoms. The summed E-state index contributed by atoms with van der Waals surface area (Å²) in [7, 11) is -3.45. The first kappa shape index (κ1) is 13.8. The first-order valence-corrected chi connectivity index (χ1v) is 7.20. The van der Waals surface area contributed by atoms with Crippen LogP contribution in [0.15, 0.2) is 0 Å². The molecule has 0 radical (unpaired) electrons. The molecule has 0 aromatic heterocycles. The molecule has 0 aliphatic carbocycles. The largest absolute Gasteiger partial charge is 0.392 e. The second-order valence-electron chi connectivity index (χ2n) is 4.11. The number of hydrogen-bond acceptors (Lipinski definition) is 4. The number of hydrogen-bond donors (Lipinski definition) is 2. The van der Waals surface area contributed by atoms with E-state index in [9.17, 15) is 8.42 Å². The van der Waals surface area contributed by atoms with Gasteiger partial charge in [-0.1, -0.05) is 12.2 Å². The fourth-order valence-corrected chi connectivity index (χ4v) is 3.16. The molecule has 1 aliphatic heterocycles. The molecule has 5 nitrogen and oxygen atoms in total. The van der Waals surface area contributed by atoms with Crippen molar-refractivity contribution in [1.29, 1.82) is 0 Å². The van der Waals surface area contributed by atoms with Gasteiger partial charge in [0.25, 0.3) is 0 Å². The monoisotopic (exact) mass is 266 g/mol. The molecule has 1 fully saturated rings. The molecule has 3 N–H and O–H groups in total. The van der Waals surface area contributed by atoms with Gasteiger partial charge in [-0.15, -0.1) is 0 Å². The molecule has 94 valence electrons. The fraction of sp³-hybridized carbons (Fsp3) is 0.889. The summed E-state index contributed by atoms with van der Waals surface area (Å²) in [6.07, 6.45) is 1.46. The predicted molar refractivity (Wildman–Crippen MR) is 66.7 cm³/mol. The lowest BCUT2D eigenvalue weighted by Gasteiger charge is -2.28. The Kier molecular flexibility index (Phi) is 4.66. The van der Waals surface area contributed by atoms with Gasteiger partial charge in [-0.2, -0.15) is 0 Å². The van der Waals surface area contributed by atoms with Crippen LogP contribution < -0.4 is 10.5 Å². The molecule has 0 spiro atoms. The molecular weight excluding hydrogens is 248 g/mol. The molecular formula is C9H18N2O3S2. The standard InChI is InChI=1S/C9H18N2O3S2/c1-6-5-8(3-4-14-6)11-16(12,13)7(2)9(10)15/h6-8,11H,3-5H2,1-2H3,(H2,10,15). The van der Waals surface area contributed by atoms with Crippen LogP contribution in [-0.4, -0.2) is 37.4 Å². The zero-order valence-electron chi connectivity index (χ0n) is 9.47. The minimum atomic E-state index is -3.45. The van der Waals surface area contributed by atoms with Gasteiger partial charge in [-0.25, -0.2) is 13.1 Å². The number of rotatable bonds is 4. The molecule has 3 unspecified atom stereocenters. The molecule has 1 heterocycles. The van der Waals surface area contributed by atoms with Crippen LogP contribution in [0.5, 0.6) is 0 Å². The molecule has 1 saturated heterocycles. The first-order valence-electron chi connectivity index (χ1n) is 5.25. The van der Waals surface area contributed by atoms with Crippen molar-refractivity contribution in [3.8, 4) is 0 Å². The van der Waals surface area contributed by atoms with E-state index in [0.29, 0.717) is 19.4 Å². The van der Waals surface area contributed by atoms with E-state index in [4.69, 9.17) is 22.7 Å². The maximum atomic E-state index is 11.8. The highest BCUT2D eigenvalue weighted by Gasteiger charge is 2.28. The Labute approximate surface area is 102 Å². The molecule has 1 aliphatic rings. The molecule has 7 heteroatoms. The Hall–Kier alpha value is -0.240. The van der Waals surface area contributed by atoms with E-state index in [1.807, 2.05) is 6.92 Å². The minimum Gasteiger partial charge on any atom is -0.392 e. The van der Waals surface area contributed by atoms with E-state index in [0.717, 1.165) is 0 Å². The first-order chi connectivity index (χ1) is 7.33. The Balaban J connectivity index is 2.62. The molecule has 16 heavy (non-hydrogen) atoms. The number of nitrogens with one attached hydrogen (secondary N) is 1. The molecule has 0 aromatic rings.